The molecule has 1 N–H and O–H groups in total. The average Bonchev–Trinajstić information content (AvgIpc) is 3.47. The molecule has 2 aromatic rings. The lowest BCUT2D eigenvalue weighted by molar-refractivity contribution is -0.117. The molecule has 0 saturated heterocycles. The molecule has 0 spiro atoms. The number of nitrogens with zero attached hydrogens (tertiary/aromatic N) is 1. The van der Waals surface area contributed by atoms with E-state index in [1.165, 1.54) is 4.90 Å². The van der Waals surface area contributed by atoms with Crippen LogP contribution in [-0.2, 0) is 4.79 Å². The van der Waals surface area contributed by atoms with E-state index in [0.29, 0.717) is 22.6 Å². The number of imide groups is 1. The number of fused-ring (bicyclic) bond motifs is 1. The molecule has 1 aliphatic carbocycles. The fourth-order valence-electron chi connectivity index (χ4n) is 2.95. The molecule has 4 rings (SSSR count). The maximum absolute atomic E-state index is 12.3. The van der Waals surface area contributed by atoms with Gasteiger partial charge >= 0.3 is 0 Å². The molecule has 1 saturated carbocycles. The van der Waals surface area contributed by atoms with E-state index in [1.54, 1.807) is 48.5 Å². The molecule has 3 amide bonds. The number of hydrogen-bond acceptors (Lipinski definition) is 4. The Morgan fingerprint density at radius 3 is 2.38 bits per heavy atom. The Morgan fingerprint density at radius 1 is 1.04 bits per heavy atom. The van der Waals surface area contributed by atoms with Crippen LogP contribution in [0.3, 0.4) is 0 Å². The van der Waals surface area contributed by atoms with Crippen molar-refractivity contribution in [3.8, 4) is 5.75 Å². The summed E-state index contributed by atoms with van der Waals surface area (Å²) in [5, 5.41) is 2.86. The molecule has 0 radical (unpaired) electrons. The molecule has 0 atom stereocenters. The molecule has 1 heterocycles. The van der Waals surface area contributed by atoms with Gasteiger partial charge in [0.25, 0.3) is 11.8 Å². The minimum atomic E-state index is -0.292. The highest BCUT2D eigenvalue weighted by Gasteiger charge is 2.34. The van der Waals surface area contributed by atoms with E-state index in [2.05, 4.69) is 5.32 Å². The highest BCUT2D eigenvalue weighted by molar-refractivity contribution is 6.21. The Hall–Kier alpha value is -3.15. The van der Waals surface area contributed by atoms with Crippen LogP contribution in [0.2, 0.25) is 0 Å². The summed E-state index contributed by atoms with van der Waals surface area (Å²) < 4.78 is 5.66. The maximum atomic E-state index is 12.3. The summed E-state index contributed by atoms with van der Waals surface area (Å²) in [6, 6.07) is 13.9. The van der Waals surface area contributed by atoms with Gasteiger partial charge in [-0.15, -0.1) is 0 Å². The monoisotopic (exact) mass is 350 g/mol. The van der Waals surface area contributed by atoms with Crippen LogP contribution < -0.4 is 10.1 Å². The maximum Gasteiger partial charge on any atom is 0.261 e. The predicted octanol–water partition coefficient (Wildman–Crippen LogP) is 2.71. The van der Waals surface area contributed by atoms with Gasteiger partial charge in [0.2, 0.25) is 5.91 Å². The van der Waals surface area contributed by atoms with Gasteiger partial charge in [0.05, 0.1) is 17.7 Å². The van der Waals surface area contributed by atoms with E-state index < -0.39 is 0 Å². The number of anilines is 1. The number of carbonyl (C=O) groups is 3. The summed E-state index contributed by atoms with van der Waals surface area (Å²) in [5.41, 5.74) is 1.55. The van der Waals surface area contributed by atoms with Crippen LogP contribution in [-0.4, -0.2) is 35.8 Å². The zero-order valence-electron chi connectivity index (χ0n) is 14.1. The van der Waals surface area contributed by atoms with Crippen molar-refractivity contribution < 1.29 is 19.1 Å². The first-order valence-corrected chi connectivity index (χ1v) is 8.62. The van der Waals surface area contributed by atoms with Crippen LogP contribution in [0.5, 0.6) is 5.75 Å². The second-order valence-corrected chi connectivity index (χ2v) is 6.45. The fourth-order valence-corrected chi connectivity index (χ4v) is 2.95. The van der Waals surface area contributed by atoms with E-state index in [1.807, 2.05) is 0 Å². The summed E-state index contributed by atoms with van der Waals surface area (Å²) in [6.07, 6.45) is 1.89. The highest BCUT2D eigenvalue weighted by Crippen LogP contribution is 2.30. The third-order valence-corrected chi connectivity index (χ3v) is 4.51. The number of nitrogens with one attached hydrogen (secondary N) is 1. The van der Waals surface area contributed by atoms with Gasteiger partial charge in [-0.1, -0.05) is 18.2 Å². The second kappa shape index (κ2) is 6.63. The Balaban J connectivity index is 1.34. The largest absolute Gasteiger partial charge is 0.492 e. The summed E-state index contributed by atoms with van der Waals surface area (Å²) in [7, 11) is 0. The van der Waals surface area contributed by atoms with E-state index in [9.17, 15) is 14.4 Å². The van der Waals surface area contributed by atoms with Crippen molar-refractivity contribution in [2.24, 2.45) is 5.92 Å². The van der Waals surface area contributed by atoms with Gasteiger partial charge in [0.15, 0.2) is 0 Å². The van der Waals surface area contributed by atoms with Crippen LogP contribution in [0, 0.1) is 5.92 Å². The first-order chi connectivity index (χ1) is 12.6. The van der Waals surface area contributed by atoms with Gasteiger partial charge in [-0.3, -0.25) is 19.3 Å². The van der Waals surface area contributed by atoms with Crippen LogP contribution >= 0.6 is 0 Å². The van der Waals surface area contributed by atoms with Gasteiger partial charge in [0.1, 0.15) is 12.4 Å². The van der Waals surface area contributed by atoms with Crippen LogP contribution in [0.15, 0.2) is 48.5 Å². The first-order valence-electron chi connectivity index (χ1n) is 8.62. The van der Waals surface area contributed by atoms with E-state index in [-0.39, 0.29) is 36.8 Å². The Labute approximate surface area is 150 Å². The number of ether oxygens (including phenoxy) is 1. The molecule has 26 heavy (non-hydrogen) atoms. The average molecular weight is 350 g/mol. The van der Waals surface area contributed by atoms with Gasteiger partial charge in [0, 0.05) is 17.7 Å². The Kier molecular flexibility index (Phi) is 4.16. The molecular weight excluding hydrogens is 332 g/mol. The highest BCUT2D eigenvalue weighted by atomic mass is 16.5. The summed E-state index contributed by atoms with van der Waals surface area (Å²) in [6.45, 7) is 0.358. The van der Waals surface area contributed by atoms with Crippen LogP contribution in [0.1, 0.15) is 33.6 Å². The van der Waals surface area contributed by atoms with Crippen molar-refractivity contribution in [3.05, 3.63) is 59.7 Å². The van der Waals surface area contributed by atoms with Crippen molar-refractivity contribution in [3.63, 3.8) is 0 Å². The minimum Gasteiger partial charge on any atom is -0.492 e. The minimum absolute atomic E-state index is 0.0353. The van der Waals surface area contributed by atoms with Crippen molar-refractivity contribution in [1.29, 1.82) is 0 Å². The second-order valence-electron chi connectivity index (χ2n) is 6.45. The molecule has 1 aliphatic heterocycles. The fraction of sp³-hybridized carbons (Fsp3) is 0.250. The lowest BCUT2D eigenvalue weighted by Crippen LogP contribution is -2.33. The summed E-state index contributed by atoms with van der Waals surface area (Å²) in [5.74, 6) is 0.163. The van der Waals surface area contributed by atoms with E-state index in [4.69, 9.17) is 4.74 Å². The quantitative estimate of drug-likeness (QED) is 0.813. The Bertz CT molecular complexity index is 854. The lowest BCUT2D eigenvalue weighted by atomic mass is 10.1. The van der Waals surface area contributed by atoms with Crippen LogP contribution in [0.25, 0.3) is 0 Å². The SMILES string of the molecule is O=C(Nc1cccc(OCCN2C(=O)c3ccccc3C2=O)c1)C1CC1. The van der Waals surface area contributed by atoms with E-state index in [0.717, 1.165) is 12.8 Å². The summed E-state index contributed by atoms with van der Waals surface area (Å²) in [4.78, 5) is 37.6. The molecule has 6 nitrogen and oxygen atoms in total. The molecule has 0 unspecified atom stereocenters. The predicted molar refractivity (Wildman–Crippen MR) is 95.1 cm³/mol. The standard InChI is InChI=1S/C20H18N2O4/c23-18(13-8-9-13)21-14-4-3-5-15(12-14)26-11-10-22-19(24)16-6-1-2-7-17(16)20(22)25/h1-7,12-13H,8-11H2,(H,21,23). The number of hydrogen-bond donors (Lipinski definition) is 1. The van der Waals surface area contributed by atoms with Gasteiger partial charge in [-0.05, 0) is 37.1 Å². The zero-order chi connectivity index (χ0) is 18.1. The third kappa shape index (κ3) is 3.18. The molecule has 6 heteroatoms. The lowest BCUT2D eigenvalue weighted by Gasteiger charge is -2.15. The topological polar surface area (TPSA) is 75.7 Å². The normalized spacial score (nSPS) is 15.8. The molecule has 1 fully saturated rings. The van der Waals surface area contributed by atoms with Crippen LogP contribution in [0.4, 0.5) is 5.69 Å². The third-order valence-electron chi connectivity index (χ3n) is 4.51. The Morgan fingerprint density at radius 2 is 1.73 bits per heavy atom. The number of amides is 3. The van der Waals surface area contributed by atoms with Crippen molar-refractivity contribution in [1.82, 2.24) is 4.90 Å². The number of rotatable bonds is 6. The van der Waals surface area contributed by atoms with Crippen molar-refractivity contribution in [2.75, 3.05) is 18.5 Å². The molecule has 2 aliphatic rings. The number of carbonyl (C=O) groups excluding carboxylic acids is 3. The molecule has 132 valence electrons. The molecular formula is C20H18N2O4. The zero-order valence-corrected chi connectivity index (χ0v) is 14.1. The first kappa shape index (κ1) is 16.3. The van der Waals surface area contributed by atoms with E-state index >= 15 is 0 Å². The van der Waals surface area contributed by atoms with Crippen molar-refractivity contribution in [2.45, 2.75) is 12.8 Å². The van der Waals surface area contributed by atoms with Gasteiger partial charge < -0.3 is 10.1 Å². The van der Waals surface area contributed by atoms with Crippen molar-refractivity contribution >= 4 is 23.4 Å². The molecule has 2 aromatic carbocycles. The van der Waals surface area contributed by atoms with Gasteiger partial charge in [-0.2, -0.15) is 0 Å². The molecule has 0 bridgehead atoms. The molecule has 0 aromatic heterocycles. The smallest absolute Gasteiger partial charge is 0.261 e. The summed E-state index contributed by atoms with van der Waals surface area (Å²) >= 11 is 0. The van der Waals surface area contributed by atoms with Gasteiger partial charge in [-0.25, -0.2) is 0 Å². The number of benzene rings is 2.